The van der Waals surface area contributed by atoms with E-state index in [9.17, 15) is 0 Å². The van der Waals surface area contributed by atoms with E-state index in [0.29, 0.717) is 0 Å². The lowest BCUT2D eigenvalue weighted by molar-refractivity contribution is 0.415. The average molecular weight is 232 g/mol. The van der Waals surface area contributed by atoms with Gasteiger partial charge in [-0.15, -0.1) is 11.3 Å². The Hall–Kier alpha value is -1.81. The smallest absolute Gasteiger partial charge is 0.120 e. The molecule has 82 valence electrons. The van der Waals surface area contributed by atoms with Crippen LogP contribution in [0.2, 0.25) is 0 Å². The highest BCUT2D eigenvalue weighted by molar-refractivity contribution is 7.13. The molecular formula is C12H12N2OS. The standard InChI is InChI=1S/C12H10N2OS.H2/c1-15-9-3-2-8-4-11(14-10(8)5-9)12-6-13-7-16-12;/h2-7,14H,1H3;1H. The quantitative estimate of drug-likeness (QED) is 0.733. The lowest BCUT2D eigenvalue weighted by Gasteiger charge is -1.97. The molecule has 0 bridgehead atoms. The minimum Gasteiger partial charge on any atom is -0.497 e. The van der Waals surface area contributed by atoms with E-state index in [0.717, 1.165) is 21.8 Å². The first-order valence-corrected chi connectivity index (χ1v) is 5.80. The Labute approximate surface area is 98.2 Å². The summed E-state index contributed by atoms with van der Waals surface area (Å²) in [6.07, 6.45) is 1.87. The molecule has 16 heavy (non-hydrogen) atoms. The third kappa shape index (κ3) is 1.47. The predicted octanol–water partition coefficient (Wildman–Crippen LogP) is 3.55. The summed E-state index contributed by atoms with van der Waals surface area (Å²) in [4.78, 5) is 8.59. The zero-order chi connectivity index (χ0) is 11.0. The lowest BCUT2D eigenvalue weighted by atomic mass is 10.2. The van der Waals surface area contributed by atoms with Gasteiger partial charge in [0.15, 0.2) is 0 Å². The summed E-state index contributed by atoms with van der Waals surface area (Å²) in [7, 11) is 1.67. The fourth-order valence-electron chi connectivity index (χ4n) is 1.71. The van der Waals surface area contributed by atoms with Crippen molar-refractivity contribution in [3.05, 3.63) is 36.0 Å². The van der Waals surface area contributed by atoms with Gasteiger partial charge in [-0.3, -0.25) is 4.98 Å². The van der Waals surface area contributed by atoms with E-state index < -0.39 is 0 Å². The summed E-state index contributed by atoms with van der Waals surface area (Å²) in [6.45, 7) is 0. The number of hydrogen-bond acceptors (Lipinski definition) is 3. The van der Waals surface area contributed by atoms with Crippen LogP contribution in [0.1, 0.15) is 1.43 Å². The topological polar surface area (TPSA) is 37.9 Å². The minimum absolute atomic E-state index is 0. The zero-order valence-corrected chi connectivity index (χ0v) is 9.54. The van der Waals surface area contributed by atoms with Gasteiger partial charge in [0.1, 0.15) is 5.75 Å². The van der Waals surface area contributed by atoms with Gasteiger partial charge < -0.3 is 9.72 Å². The number of H-pyrrole nitrogens is 1. The van der Waals surface area contributed by atoms with E-state index in [4.69, 9.17) is 4.74 Å². The van der Waals surface area contributed by atoms with Gasteiger partial charge in [-0.05, 0) is 18.2 Å². The van der Waals surface area contributed by atoms with Crippen LogP contribution in [0.15, 0.2) is 36.0 Å². The van der Waals surface area contributed by atoms with Crippen LogP contribution in [0, 0.1) is 0 Å². The molecule has 2 aromatic heterocycles. The van der Waals surface area contributed by atoms with Gasteiger partial charge in [0, 0.05) is 24.6 Å². The van der Waals surface area contributed by atoms with Crippen LogP contribution in [0.5, 0.6) is 5.75 Å². The van der Waals surface area contributed by atoms with Crippen LogP contribution < -0.4 is 4.74 Å². The molecule has 0 fully saturated rings. The predicted molar refractivity (Wildman–Crippen MR) is 68.1 cm³/mol. The molecule has 2 heterocycles. The second-order valence-electron chi connectivity index (χ2n) is 3.50. The van der Waals surface area contributed by atoms with Gasteiger partial charge in [0.2, 0.25) is 0 Å². The lowest BCUT2D eigenvalue weighted by Crippen LogP contribution is -1.80. The maximum absolute atomic E-state index is 5.19. The van der Waals surface area contributed by atoms with Gasteiger partial charge in [-0.1, -0.05) is 0 Å². The molecule has 0 saturated heterocycles. The molecule has 4 heteroatoms. The molecular weight excluding hydrogens is 220 g/mol. The van der Waals surface area contributed by atoms with Crippen LogP contribution in [0.4, 0.5) is 0 Å². The number of ether oxygens (including phenoxy) is 1. The third-order valence-corrected chi connectivity index (χ3v) is 3.33. The van der Waals surface area contributed by atoms with Crippen molar-refractivity contribution in [2.75, 3.05) is 7.11 Å². The van der Waals surface area contributed by atoms with Crippen molar-refractivity contribution in [1.82, 2.24) is 9.97 Å². The van der Waals surface area contributed by atoms with Gasteiger partial charge in [0.05, 0.1) is 23.2 Å². The zero-order valence-electron chi connectivity index (χ0n) is 8.73. The molecule has 1 N–H and O–H groups in total. The van der Waals surface area contributed by atoms with Crippen molar-refractivity contribution in [2.24, 2.45) is 0 Å². The summed E-state index contributed by atoms with van der Waals surface area (Å²) >= 11 is 1.63. The second-order valence-corrected chi connectivity index (χ2v) is 4.39. The fourth-order valence-corrected chi connectivity index (χ4v) is 2.31. The van der Waals surface area contributed by atoms with E-state index in [1.54, 1.807) is 18.4 Å². The van der Waals surface area contributed by atoms with Crippen LogP contribution in [-0.4, -0.2) is 17.1 Å². The summed E-state index contributed by atoms with van der Waals surface area (Å²) < 4.78 is 5.19. The number of rotatable bonds is 2. The summed E-state index contributed by atoms with van der Waals surface area (Å²) in [5.41, 5.74) is 4.02. The van der Waals surface area contributed by atoms with Crippen molar-refractivity contribution in [3.8, 4) is 16.3 Å². The van der Waals surface area contributed by atoms with E-state index >= 15 is 0 Å². The first-order valence-electron chi connectivity index (χ1n) is 4.92. The number of aromatic amines is 1. The van der Waals surface area contributed by atoms with E-state index in [1.807, 2.05) is 23.8 Å². The number of thiazole rings is 1. The summed E-state index contributed by atoms with van der Waals surface area (Å²) in [6, 6.07) is 8.14. The number of fused-ring (bicyclic) bond motifs is 1. The number of nitrogens with one attached hydrogen (secondary N) is 1. The second kappa shape index (κ2) is 3.64. The Kier molecular flexibility index (Phi) is 2.15. The summed E-state index contributed by atoms with van der Waals surface area (Å²) in [5, 5.41) is 1.18. The molecule has 0 radical (unpaired) electrons. The van der Waals surface area contributed by atoms with Crippen LogP contribution in [0.25, 0.3) is 21.5 Å². The maximum Gasteiger partial charge on any atom is 0.120 e. The van der Waals surface area contributed by atoms with Crippen molar-refractivity contribution in [2.45, 2.75) is 0 Å². The fraction of sp³-hybridized carbons (Fsp3) is 0.0833. The number of hydrogen-bond donors (Lipinski definition) is 1. The molecule has 0 unspecified atom stereocenters. The minimum atomic E-state index is 0. The number of aromatic nitrogens is 2. The van der Waals surface area contributed by atoms with E-state index in [2.05, 4.69) is 22.1 Å². The van der Waals surface area contributed by atoms with Gasteiger partial charge >= 0.3 is 0 Å². The first-order chi connectivity index (χ1) is 7.86. The van der Waals surface area contributed by atoms with Gasteiger partial charge in [-0.25, -0.2) is 0 Å². The SMILES string of the molecule is COc1ccc2cc(-c3cncs3)[nH]c2c1.[HH]. The molecule has 0 spiro atoms. The molecule has 0 atom stereocenters. The van der Waals surface area contributed by atoms with E-state index in [1.165, 1.54) is 5.39 Å². The normalized spacial score (nSPS) is 10.8. The highest BCUT2D eigenvalue weighted by Gasteiger charge is 2.05. The van der Waals surface area contributed by atoms with Crippen LogP contribution in [0.3, 0.4) is 0 Å². The Morgan fingerprint density at radius 1 is 1.38 bits per heavy atom. The Morgan fingerprint density at radius 3 is 3.06 bits per heavy atom. The molecule has 0 aliphatic rings. The van der Waals surface area contributed by atoms with Crippen molar-refractivity contribution in [1.29, 1.82) is 0 Å². The Balaban J connectivity index is 0.00000108. The van der Waals surface area contributed by atoms with Crippen LogP contribution >= 0.6 is 11.3 Å². The Bertz CT molecular complexity index is 619. The number of nitrogens with zero attached hydrogens (tertiary/aromatic N) is 1. The van der Waals surface area contributed by atoms with Crippen molar-refractivity contribution >= 4 is 22.2 Å². The molecule has 0 saturated carbocycles. The number of methoxy groups -OCH3 is 1. The Morgan fingerprint density at radius 2 is 2.31 bits per heavy atom. The molecule has 1 aromatic carbocycles. The van der Waals surface area contributed by atoms with Crippen molar-refractivity contribution in [3.63, 3.8) is 0 Å². The molecule has 0 aliphatic heterocycles. The molecule has 0 aliphatic carbocycles. The molecule has 0 amide bonds. The third-order valence-electron chi connectivity index (χ3n) is 2.53. The molecule has 3 rings (SSSR count). The summed E-state index contributed by atoms with van der Waals surface area (Å²) in [5.74, 6) is 0.866. The van der Waals surface area contributed by atoms with E-state index in [-0.39, 0.29) is 1.43 Å². The maximum atomic E-state index is 5.19. The highest BCUT2D eigenvalue weighted by atomic mass is 32.1. The largest absolute Gasteiger partial charge is 0.497 e. The highest BCUT2D eigenvalue weighted by Crippen LogP contribution is 2.28. The molecule has 3 nitrogen and oxygen atoms in total. The monoisotopic (exact) mass is 232 g/mol. The molecule has 3 aromatic rings. The van der Waals surface area contributed by atoms with Gasteiger partial charge in [0.25, 0.3) is 0 Å². The van der Waals surface area contributed by atoms with Crippen molar-refractivity contribution < 1.29 is 6.16 Å². The van der Waals surface area contributed by atoms with Gasteiger partial charge in [-0.2, -0.15) is 0 Å². The van der Waals surface area contributed by atoms with Crippen LogP contribution in [-0.2, 0) is 0 Å². The first kappa shape index (κ1) is 9.42. The number of benzene rings is 1. The average Bonchev–Trinajstić information content (AvgIpc) is 2.96.